The van der Waals surface area contributed by atoms with Crippen LogP contribution in [-0.4, -0.2) is 52.7 Å². The molecule has 3 rings (SSSR count). The van der Waals surface area contributed by atoms with E-state index in [0.29, 0.717) is 16.2 Å². The van der Waals surface area contributed by atoms with Gasteiger partial charge in [0.15, 0.2) is 0 Å². The van der Waals surface area contributed by atoms with Gasteiger partial charge in [0, 0.05) is 25.4 Å². The van der Waals surface area contributed by atoms with Gasteiger partial charge in [0.2, 0.25) is 10.4 Å². The number of pyridine rings is 1. The number of carbonyl (C=O) groups excluding carboxylic acids is 1. The van der Waals surface area contributed by atoms with Gasteiger partial charge in [-0.15, -0.1) is 0 Å². The van der Waals surface area contributed by atoms with Gasteiger partial charge >= 0.3 is 35.6 Å². The van der Waals surface area contributed by atoms with E-state index in [1.54, 1.807) is 31.5 Å². The topological polar surface area (TPSA) is 112 Å². The molecule has 0 spiro atoms. The van der Waals surface area contributed by atoms with Gasteiger partial charge in [-0.2, -0.15) is 9.35 Å². The Morgan fingerprint density at radius 3 is 2.70 bits per heavy atom. The first-order valence-electron chi connectivity index (χ1n) is 6.37. The molecule has 0 aromatic carbocycles. The number of urea groups is 1. The van der Waals surface area contributed by atoms with E-state index in [-0.39, 0.29) is 48.2 Å². The molecular formula is C12H12N3NaO6S. The first-order valence-corrected chi connectivity index (χ1v) is 7.71. The summed E-state index contributed by atoms with van der Waals surface area (Å²) in [5.41, 5.74) is 0.514. The van der Waals surface area contributed by atoms with E-state index in [1.165, 1.54) is 9.47 Å². The van der Waals surface area contributed by atoms with E-state index in [0.717, 1.165) is 0 Å². The minimum atomic E-state index is -5.09. The maximum atomic E-state index is 12.2. The normalized spacial score (nSPS) is 20.3. The van der Waals surface area contributed by atoms with Crippen molar-refractivity contribution < 1.29 is 51.6 Å². The average molecular weight is 349 g/mol. The fourth-order valence-corrected chi connectivity index (χ4v) is 3.01. The van der Waals surface area contributed by atoms with Crippen LogP contribution in [0.25, 0.3) is 5.57 Å². The monoisotopic (exact) mass is 349 g/mol. The van der Waals surface area contributed by atoms with Crippen molar-refractivity contribution in [2.24, 2.45) is 7.05 Å². The Kier molecular flexibility index (Phi) is 5.04. The minimum absolute atomic E-state index is 0. The fourth-order valence-electron chi connectivity index (χ4n) is 2.64. The van der Waals surface area contributed by atoms with E-state index >= 15 is 0 Å². The Morgan fingerprint density at radius 1 is 1.35 bits per heavy atom. The van der Waals surface area contributed by atoms with Crippen LogP contribution in [0.1, 0.15) is 5.56 Å². The molecule has 1 saturated heterocycles. The minimum Gasteiger partial charge on any atom is -0.724 e. The number of fused-ring (bicyclic) bond motifs is 2. The molecule has 9 nitrogen and oxygen atoms in total. The van der Waals surface area contributed by atoms with E-state index in [2.05, 4.69) is 4.28 Å². The summed E-state index contributed by atoms with van der Waals surface area (Å²) < 4.78 is 38.1. The van der Waals surface area contributed by atoms with Crippen molar-refractivity contribution in [2.75, 3.05) is 13.1 Å². The van der Waals surface area contributed by atoms with Crippen LogP contribution in [-0.2, 0) is 21.7 Å². The number of aromatic nitrogens is 1. The summed E-state index contributed by atoms with van der Waals surface area (Å²) in [5, 5.41) is 0.521. The van der Waals surface area contributed by atoms with Crippen LogP contribution in [0.15, 0.2) is 29.2 Å². The molecule has 0 radical (unpaired) electrons. The van der Waals surface area contributed by atoms with Crippen LogP contribution in [0.4, 0.5) is 4.79 Å². The summed E-state index contributed by atoms with van der Waals surface area (Å²) in [5.74, 6) is 0. The summed E-state index contributed by atoms with van der Waals surface area (Å²) in [6.45, 7) is 0.361. The standard InChI is InChI=1S/C12H13N3O6S.Na/c1-13-5-2-3-9(11(13)16)8-4-6-14-7-10(8)15(12(14)17)21-22(18,19)20;/h2-5,10H,6-7H2,1H3,(H,18,19,20);/q;+1/p-1. The van der Waals surface area contributed by atoms with Crippen molar-refractivity contribution in [1.82, 2.24) is 14.5 Å². The number of aryl methyl sites for hydroxylation is 1. The molecule has 2 bridgehead atoms. The maximum Gasteiger partial charge on any atom is 1.00 e. The zero-order chi connectivity index (χ0) is 16.1. The first kappa shape index (κ1) is 18.2. The Balaban J connectivity index is 0.00000192. The third-order valence-corrected chi connectivity index (χ3v) is 3.98. The number of amides is 2. The molecule has 23 heavy (non-hydrogen) atoms. The molecule has 3 heterocycles. The molecule has 118 valence electrons. The van der Waals surface area contributed by atoms with Gasteiger partial charge in [-0.05, 0) is 17.7 Å². The van der Waals surface area contributed by atoms with E-state index < -0.39 is 22.5 Å². The van der Waals surface area contributed by atoms with Gasteiger partial charge in [-0.3, -0.25) is 4.79 Å². The fraction of sp³-hybridized carbons (Fsp3) is 0.333. The SMILES string of the molecule is Cn1cccc(C2=CCN3CC2N(OS(=O)(=O)[O-])C3=O)c1=O.[Na+]. The number of carbonyl (C=O) groups is 1. The molecule has 0 aliphatic carbocycles. The van der Waals surface area contributed by atoms with Gasteiger partial charge in [0.1, 0.15) is 6.04 Å². The molecule has 2 amide bonds. The summed E-state index contributed by atoms with van der Waals surface area (Å²) in [7, 11) is -3.50. The van der Waals surface area contributed by atoms with Gasteiger partial charge in [-0.25, -0.2) is 13.2 Å². The third-order valence-electron chi connectivity index (χ3n) is 3.63. The van der Waals surface area contributed by atoms with Gasteiger partial charge in [0.25, 0.3) is 5.56 Å². The molecule has 11 heteroatoms. The molecule has 1 aromatic rings. The molecule has 1 unspecified atom stereocenters. The second kappa shape index (κ2) is 6.38. The van der Waals surface area contributed by atoms with Gasteiger partial charge in [-0.1, -0.05) is 6.08 Å². The van der Waals surface area contributed by atoms with Crippen molar-refractivity contribution in [3.8, 4) is 0 Å². The summed E-state index contributed by atoms with van der Waals surface area (Å²) in [6, 6.07) is 1.70. The molecule has 1 atom stereocenters. The van der Waals surface area contributed by atoms with Crippen LogP contribution in [0.2, 0.25) is 0 Å². The first-order chi connectivity index (χ1) is 10.3. The predicted molar refractivity (Wildman–Crippen MR) is 73.0 cm³/mol. The smallest absolute Gasteiger partial charge is 0.724 e. The van der Waals surface area contributed by atoms with Crippen molar-refractivity contribution in [3.63, 3.8) is 0 Å². The van der Waals surface area contributed by atoms with Crippen molar-refractivity contribution in [2.45, 2.75) is 6.04 Å². The molecule has 1 fully saturated rings. The number of hydrogen-bond donors (Lipinski definition) is 0. The summed E-state index contributed by atoms with van der Waals surface area (Å²) in [4.78, 5) is 25.5. The molecule has 2 aliphatic rings. The van der Waals surface area contributed by atoms with E-state index in [1.807, 2.05) is 0 Å². The molecule has 1 aromatic heterocycles. The summed E-state index contributed by atoms with van der Waals surface area (Å²) in [6.07, 6.45) is 3.24. The van der Waals surface area contributed by atoms with Crippen LogP contribution in [0.5, 0.6) is 0 Å². The third kappa shape index (κ3) is 3.37. The zero-order valence-corrected chi connectivity index (χ0v) is 15.3. The van der Waals surface area contributed by atoms with Gasteiger partial charge < -0.3 is 14.0 Å². The number of nitrogens with zero attached hydrogens (tertiary/aromatic N) is 3. The van der Waals surface area contributed by atoms with Crippen molar-refractivity contribution in [1.29, 1.82) is 0 Å². The van der Waals surface area contributed by atoms with E-state index in [4.69, 9.17) is 0 Å². The number of hydroxylamine groups is 2. The van der Waals surface area contributed by atoms with E-state index in [9.17, 15) is 22.6 Å². The van der Waals surface area contributed by atoms with Crippen LogP contribution >= 0.6 is 0 Å². The molecule has 0 saturated carbocycles. The van der Waals surface area contributed by atoms with Crippen LogP contribution in [0, 0.1) is 0 Å². The number of hydrogen-bond acceptors (Lipinski definition) is 6. The Bertz CT molecular complexity index is 833. The second-order valence-corrected chi connectivity index (χ2v) is 5.97. The quantitative estimate of drug-likeness (QED) is 0.315. The average Bonchev–Trinajstić information content (AvgIpc) is 2.67. The second-order valence-electron chi connectivity index (χ2n) is 5.01. The van der Waals surface area contributed by atoms with Crippen molar-refractivity contribution in [3.05, 3.63) is 40.3 Å². The van der Waals surface area contributed by atoms with Crippen LogP contribution < -0.4 is 35.1 Å². The van der Waals surface area contributed by atoms with Gasteiger partial charge in [0.05, 0.1) is 6.54 Å². The summed E-state index contributed by atoms with van der Waals surface area (Å²) >= 11 is 0. The number of rotatable bonds is 3. The Morgan fingerprint density at radius 2 is 2.04 bits per heavy atom. The van der Waals surface area contributed by atoms with Crippen molar-refractivity contribution >= 4 is 22.0 Å². The Labute approximate surface area is 154 Å². The largest absolute Gasteiger partial charge is 1.00 e. The molecular weight excluding hydrogens is 337 g/mol. The Hall–Kier alpha value is -1.17. The maximum absolute atomic E-state index is 12.2. The predicted octanol–water partition coefficient (Wildman–Crippen LogP) is -3.72. The molecule has 2 aliphatic heterocycles. The van der Waals surface area contributed by atoms with Crippen LogP contribution in [0.3, 0.4) is 0 Å². The molecule has 0 N–H and O–H groups in total. The zero-order valence-electron chi connectivity index (χ0n) is 12.5.